The summed E-state index contributed by atoms with van der Waals surface area (Å²) in [7, 11) is 0. The highest BCUT2D eigenvalue weighted by atomic mass is 19.1. The summed E-state index contributed by atoms with van der Waals surface area (Å²) in [5.41, 5.74) is 9.17. The molecule has 0 spiro atoms. The molecule has 0 aliphatic rings. The standard InChI is InChI=1S/C52H30F2N2O3/c53-31-19-23-33(24-20-31)55(43-15-7-13-40-37-10-3-5-17-46(37)58-51(40)43)35-27-28-42-48(29-35)57-49-30-45(36-9-1-2-12-39(36)50(42)49)56(34-25-21-32(54)22-26-34)44-16-8-14-41-38-11-4-6-18-47(38)59-52(41)44/h1-30H. The van der Waals surface area contributed by atoms with Crippen LogP contribution < -0.4 is 9.80 Å². The van der Waals surface area contributed by atoms with Crippen LogP contribution in [0.2, 0.25) is 0 Å². The second-order valence-electron chi connectivity index (χ2n) is 14.7. The van der Waals surface area contributed by atoms with Crippen LogP contribution in [0.1, 0.15) is 0 Å². The summed E-state index contributed by atoms with van der Waals surface area (Å²) in [6.07, 6.45) is 0. The van der Waals surface area contributed by atoms with Gasteiger partial charge in [-0.15, -0.1) is 0 Å². The molecular weight excluding hydrogens is 739 g/mol. The van der Waals surface area contributed by atoms with Gasteiger partial charge in [-0.25, -0.2) is 8.78 Å². The Bertz CT molecular complexity index is 3600. The number of fused-ring (bicyclic) bond motifs is 11. The molecular formula is C52H30F2N2O3. The van der Waals surface area contributed by atoms with Gasteiger partial charge in [0.15, 0.2) is 11.2 Å². The van der Waals surface area contributed by atoms with Gasteiger partial charge in [-0.1, -0.05) is 84.9 Å². The Labute approximate surface area is 335 Å². The fraction of sp³-hybridized carbons (Fsp3) is 0. The first kappa shape index (κ1) is 33.3. The van der Waals surface area contributed by atoms with E-state index in [1.807, 2.05) is 78.9 Å². The highest BCUT2D eigenvalue weighted by molar-refractivity contribution is 6.23. The highest BCUT2D eigenvalue weighted by Crippen LogP contribution is 2.49. The minimum Gasteiger partial charge on any atom is -0.456 e. The number of nitrogens with zero attached hydrogens (tertiary/aromatic N) is 2. The number of rotatable bonds is 6. The van der Waals surface area contributed by atoms with Crippen LogP contribution in [0, 0.1) is 11.6 Å². The fourth-order valence-corrected chi connectivity index (χ4v) is 8.77. The molecule has 0 unspecified atom stereocenters. The molecule has 0 saturated carbocycles. The molecule has 12 rings (SSSR count). The maximum absolute atomic E-state index is 14.5. The van der Waals surface area contributed by atoms with Gasteiger partial charge in [-0.05, 0) is 90.3 Å². The van der Waals surface area contributed by atoms with Crippen molar-refractivity contribution >= 4 is 111 Å². The van der Waals surface area contributed by atoms with E-state index in [4.69, 9.17) is 13.3 Å². The van der Waals surface area contributed by atoms with E-state index in [0.717, 1.165) is 99.5 Å². The van der Waals surface area contributed by atoms with Gasteiger partial charge in [0.05, 0.1) is 22.7 Å². The molecule has 59 heavy (non-hydrogen) atoms. The molecule has 0 bridgehead atoms. The predicted octanol–water partition coefficient (Wildman–Crippen LogP) is 15.8. The first-order valence-electron chi connectivity index (χ1n) is 19.4. The van der Waals surface area contributed by atoms with E-state index in [1.54, 1.807) is 24.3 Å². The molecule has 0 saturated heterocycles. The lowest BCUT2D eigenvalue weighted by Crippen LogP contribution is -2.11. The van der Waals surface area contributed by atoms with Gasteiger partial charge in [0.25, 0.3) is 0 Å². The first-order valence-corrected chi connectivity index (χ1v) is 19.4. The smallest absolute Gasteiger partial charge is 0.159 e. The molecule has 9 aromatic carbocycles. The largest absolute Gasteiger partial charge is 0.456 e. The number of halogens is 2. The molecule has 280 valence electrons. The van der Waals surface area contributed by atoms with Crippen LogP contribution in [0.15, 0.2) is 195 Å². The first-order chi connectivity index (χ1) is 29.1. The fourth-order valence-electron chi connectivity index (χ4n) is 8.77. The quantitative estimate of drug-likeness (QED) is 0.169. The lowest BCUT2D eigenvalue weighted by Gasteiger charge is -2.27. The maximum Gasteiger partial charge on any atom is 0.159 e. The molecule has 0 N–H and O–H groups in total. The van der Waals surface area contributed by atoms with Crippen molar-refractivity contribution in [2.45, 2.75) is 0 Å². The Morgan fingerprint density at radius 3 is 1.41 bits per heavy atom. The van der Waals surface area contributed by atoms with Crippen LogP contribution in [0.25, 0.3) is 76.6 Å². The Morgan fingerprint density at radius 1 is 0.305 bits per heavy atom. The van der Waals surface area contributed by atoms with Crippen molar-refractivity contribution in [3.8, 4) is 0 Å². The lowest BCUT2D eigenvalue weighted by molar-refractivity contribution is 0.627. The van der Waals surface area contributed by atoms with E-state index in [0.29, 0.717) is 11.2 Å². The minimum absolute atomic E-state index is 0.322. The monoisotopic (exact) mass is 768 g/mol. The second kappa shape index (κ2) is 12.8. The summed E-state index contributed by atoms with van der Waals surface area (Å²) in [5.74, 6) is -0.646. The third kappa shape index (κ3) is 5.14. The minimum atomic E-state index is -0.324. The molecule has 7 heteroatoms. The van der Waals surface area contributed by atoms with E-state index in [9.17, 15) is 8.78 Å². The van der Waals surface area contributed by atoms with Gasteiger partial charge in [-0.3, -0.25) is 0 Å². The molecule has 0 aliphatic heterocycles. The Kier molecular flexibility index (Phi) is 7.22. The summed E-state index contributed by atoms with van der Waals surface area (Å²) in [6, 6.07) is 57.7. The van der Waals surface area contributed by atoms with Crippen molar-refractivity contribution in [1.29, 1.82) is 0 Å². The van der Waals surface area contributed by atoms with Gasteiger partial charge in [0, 0.05) is 61.2 Å². The van der Waals surface area contributed by atoms with E-state index < -0.39 is 0 Å². The number of hydrogen-bond donors (Lipinski definition) is 0. The van der Waals surface area contributed by atoms with Gasteiger partial charge < -0.3 is 23.1 Å². The number of anilines is 6. The average Bonchev–Trinajstić information content (AvgIpc) is 3.97. The zero-order chi connectivity index (χ0) is 39.2. The topological polar surface area (TPSA) is 45.9 Å². The Balaban J connectivity index is 1.09. The van der Waals surface area contributed by atoms with E-state index >= 15 is 0 Å². The molecule has 0 radical (unpaired) electrons. The van der Waals surface area contributed by atoms with Crippen LogP contribution >= 0.6 is 0 Å². The highest BCUT2D eigenvalue weighted by Gasteiger charge is 2.25. The molecule has 0 atom stereocenters. The molecule has 5 nitrogen and oxygen atoms in total. The zero-order valence-corrected chi connectivity index (χ0v) is 31.2. The SMILES string of the molecule is Fc1ccc(N(c2ccc3c(c2)oc2cc(N(c4ccc(F)cc4)c4cccc5c4oc4ccccc45)c4ccccc4c23)c2cccc3c2oc2ccccc23)cc1. The van der Waals surface area contributed by atoms with Crippen molar-refractivity contribution < 1.29 is 22.0 Å². The molecule has 12 aromatic rings. The number of benzene rings is 9. The van der Waals surface area contributed by atoms with Crippen molar-refractivity contribution in [2.24, 2.45) is 0 Å². The number of hydrogen-bond acceptors (Lipinski definition) is 5. The zero-order valence-electron chi connectivity index (χ0n) is 31.2. The third-order valence-corrected chi connectivity index (χ3v) is 11.4. The summed E-state index contributed by atoms with van der Waals surface area (Å²) < 4.78 is 48.8. The second-order valence-corrected chi connectivity index (χ2v) is 14.7. The van der Waals surface area contributed by atoms with Crippen molar-refractivity contribution in [2.75, 3.05) is 9.80 Å². The molecule has 0 amide bonds. The summed E-state index contributed by atoms with van der Waals surface area (Å²) in [6.45, 7) is 0. The van der Waals surface area contributed by atoms with Crippen molar-refractivity contribution in [1.82, 2.24) is 0 Å². The molecule has 0 aliphatic carbocycles. The lowest BCUT2D eigenvalue weighted by atomic mass is 10.00. The predicted molar refractivity (Wildman–Crippen MR) is 235 cm³/mol. The summed E-state index contributed by atoms with van der Waals surface area (Å²) in [4.78, 5) is 4.19. The Morgan fingerprint density at radius 2 is 0.797 bits per heavy atom. The van der Waals surface area contributed by atoms with E-state index in [2.05, 4.69) is 64.4 Å². The van der Waals surface area contributed by atoms with E-state index in [-0.39, 0.29) is 11.6 Å². The molecule has 3 heterocycles. The van der Waals surface area contributed by atoms with Crippen LogP contribution in [0.5, 0.6) is 0 Å². The van der Waals surface area contributed by atoms with Crippen LogP contribution in [0.4, 0.5) is 42.9 Å². The van der Waals surface area contributed by atoms with Crippen LogP contribution in [-0.2, 0) is 0 Å². The van der Waals surface area contributed by atoms with Gasteiger partial charge in [0.1, 0.15) is 34.0 Å². The molecule has 3 aromatic heterocycles. The third-order valence-electron chi connectivity index (χ3n) is 11.4. The van der Waals surface area contributed by atoms with Crippen LogP contribution in [-0.4, -0.2) is 0 Å². The van der Waals surface area contributed by atoms with Crippen molar-refractivity contribution in [3.63, 3.8) is 0 Å². The summed E-state index contributed by atoms with van der Waals surface area (Å²) >= 11 is 0. The normalized spacial score (nSPS) is 11.9. The van der Waals surface area contributed by atoms with Gasteiger partial charge in [0.2, 0.25) is 0 Å². The van der Waals surface area contributed by atoms with Crippen LogP contribution in [0.3, 0.4) is 0 Å². The average molecular weight is 769 g/mol. The molecule has 0 fully saturated rings. The van der Waals surface area contributed by atoms with Gasteiger partial charge in [-0.2, -0.15) is 0 Å². The number of para-hydroxylation sites is 4. The van der Waals surface area contributed by atoms with E-state index in [1.165, 1.54) is 24.3 Å². The number of furan rings is 3. The maximum atomic E-state index is 14.5. The van der Waals surface area contributed by atoms with Crippen molar-refractivity contribution in [3.05, 3.63) is 194 Å². The van der Waals surface area contributed by atoms with Gasteiger partial charge >= 0.3 is 0 Å². The Hall–Kier alpha value is -7.90. The summed E-state index contributed by atoms with van der Waals surface area (Å²) in [5, 5.41) is 7.90.